The van der Waals surface area contributed by atoms with Gasteiger partial charge >= 0.3 is 12.1 Å². The van der Waals surface area contributed by atoms with Crippen LogP contribution in [0.25, 0.3) is 0 Å². The topological polar surface area (TPSA) is 134 Å². The molecule has 0 bridgehead atoms. The zero-order chi connectivity index (χ0) is 30.7. The normalized spacial score (nSPS) is 17.5. The first-order chi connectivity index (χ1) is 20.9. The van der Waals surface area contributed by atoms with Gasteiger partial charge in [0.05, 0.1) is 18.6 Å². The molecule has 0 fully saturated rings. The summed E-state index contributed by atoms with van der Waals surface area (Å²) in [5.41, 5.74) is 1.84. The molecule has 10 heteroatoms. The second-order valence-electron chi connectivity index (χ2n) is 10.5. The summed E-state index contributed by atoms with van der Waals surface area (Å²) in [7, 11) is 0. The Morgan fingerprint density at radius 1 is 1.00 bits per heavy atom. The number of hydrogen-bond acceptors (Lipinski definition) is 7. The lowest BCUT2D eigenvalue weighted by molar-refractivity contribution is -0.145. The first kappa shape index (κ1) is 33.3. The number of esters is 1. The zero-order valence-electron chi connectivity index (χ0n) is 24.6. The van der Waals surface area contributed by atoms with Crippen molar-refractivity contribution >= 4 is 23.9 Å². The number of benzene rings is 2. The summed E-state index contributed by atoms with van der Waals surface area (Å²) in [6.07, 6.45) is 6.06. The SMILES string of the molecule is O=C1CCC=CC[C@H](CC(=O)N(CCO)Cc2ccccc2)C(=O)N[C@@H](CCCCNC(=O)OCc2ccccc2)CO1. The van der Waals surface area contributed by atoms with E-state index < -0.39 is 18.1 Å². The maximum absolute atomic E-state index is 13.4. The lowest BCUT2D eigenvalue weighted by Crippen LogP contribution is -2.44. The second kappa shape index (κ2) is 19.1. The summed E-state index contributed by atoms with van der Waals surface area (Å²) >= 11 is 0. The van der Waals surface area contributed by atoms with E-state index in [1.165, 1.54) is 0 Å². The lowest BCUT2D eigenvalue weighted by Gasteiger charge is -2.26. The standard InChI is InChI=1S/C33H43N3O7/c37-21-20-36(23-26-12-4-1-5-13-26)30(38)22-28-16-8-3-9-18-31(39)42-25-29(35-32(28)40)17-10-11-19-34-33(41)43-24-27-14-6-2-7-15-27/h1-8,12-15,28-29,37H,9-11,16-25H2,(H,34,41)(H,35,40)/t28-,29+/m1/s1. The van der Waals surface area contributed by atoms with E-state index in [0.717, 1.165) is 11.1 Å². The molecular weight excluding hydrogens is 550 g/mol. The van der Waals surface area contributed by atoms with Gasteiger partial charge in [0.15, 0.2) is 0 Å². The van der Waals surface area contributed by atoms with Crippen LogP contribution in [0, 0.1) is 5.92 Å². The minimum absolute atomic E-state index is 0.00940. The van der Waals surface area contributed by atoms with Crippen molar-refractivity contribution in [3.05, 3.63) is 83.9 Å². The van der Waals surface area contributed by atoms with Gasteiger partial charge in [-0.3, -0.25) is 14.4 Å². The van der Waals surface area contributed by atoms with Crippen LogP contribution in [0.15, 0.2) is 72.8 Å². The number of cyclic esters (lactones) is 1. The van der Waals surface area contributed by atoms with Crippen molar-refractivity contribution in [2.45, 2.75) is 64.1 Å². The molecule has 3 amide bonds. The van der Waals surface area contributed by atoms with Crippen LogP contribution in [0.2, 0.25) is 0 Å². The van der Waals surface area contributed by atoms with E-state index in [-0.39, 0.29) is 57.0 Å². The Labute approximate surface area is 253 Å². The van der Waals surface area contributed by atoms with E-state index in [9.17, 15) is 24.3 Å². The predicted octanol–water partition coefficient (Wildman–Crippen LogP) is 3.88. The first-order valence-corrected chi connectivity index (χ1v) is 14.9. The third kappa shape index (κ3) is 13.1. The van der Waals surface area contributed by atoms with Gasteiger partial charge in [-0.25, -0.2) is 4.79 Å². The van der Waals surface area contributed by atoms with Crippen LogP contribution in [0.3, 0.4) is 0 Å². The third-order valence-electron chi connectivity index (χ3n) is 7.09. The van der Waals surface area contributed by atoms with Crippen molar-refractivity contribution in [2.24, 2.45) is 5.92 Å². The van der Waals surface area contributed by atoms with Crippen LogP contribution in [-0.4, -0.2) is 66.2 Å². The van der Waals surface area contributed by atoms with Crippen LogP contribution in [0.5, 0.6) is 0 Å². The van der Waals surface area contributed by atoms with E-state index in [4.69, 9.17) is 9.47 Å². The van der Waals surface area contributed by atoms with Gasteiger partial charge in [0.2, 0.25) is 11.8 Å². The Morgan fingerprint density at radius 2 is 1.72 bits per heavy atom. The molecule has 2 aromatic rings. The van der Waals surface area contributed by atoms with Crippen LogP contribution in [0.4, 0.5) is 4.79 Å². The van der Waals surface area contributed by atoms with Gasteiger partial charge in [-0.2, -0.15) is 0 Å². The molecular formula is C33H43N3O7. The maximum Gasteiger partial charge on any atom is 0.407 e. The fraction of sp³-hybridized carbons (Fsp3) is 0.455. The highest BCUT2D eigenvalue weighted by molar-refractivity contribution is 5.86. The highest BCUT2D eigenvalue weighted by Gasteiger charge is 2.26. The molecule has 1 heterocycles. The molecule has 0 aliphatic carbocycles. The first-order valence-electron chi connectivity index (χ1n) is 14.9. The number of alkyl carbamates (subject to hydrolysis) is 1. The van der Waals surface area contributed by atoms with E-state index in [1.54, 1.807) is 4.90 Å². The quantitative estimate of drug-likeness (QED) is 0.182. The zero-order valence-corrected chi connectivity index (χ0v) is 24.6. The maximum atomic E-state index is 13.4. The minimum atomic E-state index is -0.612. The number of nitrogens with zero attached hydrogens (tertiary/aromatic N) is 1. The van der Waals surface area contributed by atoms with Gasteiger partial charge in [0, 0.05) is 32.5 Å². The Hall–Kier alpha value is -4.18. The average Bonchev–Trinajstić information content (AvgIpc) is 3.01. The summed E-state index contributed by atoms with van der Waals surface area (Å²) < 4.78 is 10.6. The highest BCUT2D eigenvalue weighted by Crippen LogP contribution is 2.17. The van der Waals surface area contributed by atoms with Gasteiger partial charge in [0.1, 0.15) is 13.2 Å². The Bertz CT molecular complexity index is 1170. The fourth-order valence-corrected chi connectivity index (χ4v) is 4.68. The van der Waals surface area contributed by atoms with Gasteiger partial charge < -0.3 is 30.1 Å². The van der Waals surface area contributed by atoms with E-state index in [1.807, 2.05) is 72.8 Å². The molecule has 1 aliphatic rings. The number of carbonyl (C=O) groups excluding carboxylic acids is 4. The molecule has 43 heavy (non-hydrogen) atoms. The number of aliphatic hydroxyl groups excluding tert-OH is 1. The molecule has 0 aromatic heterocycles. The van der Waals surface area contributed by atoms with Crippen LogP contribution in [-0.2, 0) is 37.0 Å². The molecule has 0 unspecified atom stereocenters. The largest absolute Gasteiger partial charge is 0.463 e. The van der Waals surface area contributed by atoms with Crippen molar-refractivity contribution < 1.29 is 33.8 Å². The van der Waals surface area contributed by atoms with Gasteiger partial charge in [-0.15, -0.1) is 0 Å². The molecule has 3 N–H and O–H groups in total. The average molecular weight is 594 g/mol. The summed E-state index contributed by atoms with van der Waals surface area (Å²) in [5, 5.41) is 15.3. The van der Waals surface area contributed by atoms with Crippen LogP contribution >= 0.6 is 0 Å². The number of nitrogens with one attached hydrogen (secondary N) is 2. The molecule has 10 nitrogen and oxygen atoms in total. The highest BCUT2D eigenvalue weighted by atomic mass is 16.5. The van der Waals surface area contributed by atoms with E-state index in [0.29, 0.717) is 45.2 Å². The monoisotopic (exact) mass is 593 g/mol. The third-order valence-corrected chi connectivity index (χ3v) is 7.09. The lowest BCUT2D eigenvalue weighted by atomic mass is 9.97. The number of amides is 3. The van der Waals surface area contributed by atoms with Crippen molar-refractivity contribution in [1.29, 1.82) is 0 Å². The minimum Gasteiger partial charge on any atom is -0.463 e. The fourth-order valence-electron chi connectivity index (χ4n) is 4.68. The number of carbonyl (C=O) groups is 4. The van der Waals surface area contributed by atoms with Gasteiger partial charge in [-0.1, -0.05) is 72.8 Å². The Kier molecular flexibility index (Phi) is 14.8. The predicted molar refractivity (Wildman–Crippen MR) is 161 cm³/mol. The number of allylic oxidation sites excluding steroid dienone is 2. The number of unbranched alkanes of at least 4 members (excludes halogenated alkanes) is 1. The van der Waals surface area contributed by atoms with Crippen LogP contribution < -0.4 is 10.6 Å². The number of ether oxygens (including phenoxy) is 2. The van der Waals surface area contributed by atoms with Gasteiger partial charge in [0.25, 0.3) is 0 Å². The summed E-state index contributed by atoms with van der Waals surface area (Å²) in [5.74, 6) is -1.45. The molecule has 0 saturated heterocycles. The van der Waals surface area contributed by atoms with Crippen molar-refractivity contribution in [3.63, 3.8) is 0 Å². The molecule has 2 aromatic carbocycles. The summed E-state index contributed by atoms with van der Waals surface area (Å²) in [4.78, 5) is 52.4. The molecule has 0 radical (unpaired) electrons. The van der Waals surface area contributed by atoms with Crippen molar-refractivity contribution in [1.82, 2.24) is 15.5 Å². The molecule has 2 atom stereocenters. The van der Waals surface area contributed by atoms with Crippen molar-refractivity contribution in [3.8, 4) is 0 Å². The molecule has 1 aliphatic heterocycles. The van der Waals surface area contributed by atoms with Gasteiger partial charge in [-0.05, 0) is 43.2 Å². The number of hydrogen-bond donors (Lipinski definition) is 3. The molecule has 0 spiro atoms. The molecule has 3 rings (SSSR count). The molecule has 0 saturated carbocycles. The Morgan fingerprint density at radius 3 is 2.44 bits per heavy atom. The Balaban J connectivity index is 1.52. The van der Waals surface area contributed by atoms with E-state index >= 15 is 0 Å². The number of aliphatic hydroxyl groups is 1. The van der Waals surface area contributed by atoms with Crippen molar-refractivity contribution in [2.75, 3.05) is 26.3 Å². The smallest absolute Gasteiger partial charge is 0.407 e. The van der Waals surface area contributed by atoms with E-state index in [2.05, 4.69) is 10.6 Å². The summed E-state index contributed by atoms with van der Waals surface area (Å²) in [6.45, 7) is 0.961. The second-order valence-corrected chi connectivity index (χ2v) is 10.5. The molecule has 232 valence electrons. The number of rotatable bonds is 13. The summed E-state index contributed by atoms with van der Waals surface area (Å²) in [6, 6.07) is 18.5. The van der Waals surface area contributed by atoms with Crippen LogP contribution in [0.1, 0.15) is 56.1 Å².